The van der Waals surface area contributed by atoms with Crippen molar-refractivity contribution >= 4 is 0 Å². The van der Waals surface area contributed by atoms with Crippen LogP contribution in [0.5, 0.6) is 0 Å². The summed E-state index contributed by atoms with van der Waals surface area (Å²) in [4.78, 5) is 2.80. The first-order valence-corrected chi connectivity index (χ1v) is 9.28. The SMILES string of the molecule is CC(C)NCC1(CN2CCOC3CCCC32)CCCCC1. The Balaban J connectivity index is 1.65. The van der Waals surface area contributed by atoms with Gasteiger partial charge in [-0.05, 0) is 37.5 Å². The van der Waals surface area contributed by atoms with E-state index in [4.69, 9.17) is 4.74 Å². The summed E-state index contributed by atoms with van der Waals surface area (Å²) in [7, 11) is 0. The largest absolute Gasteiger partial charge is 0.375 e. The van der Waals surface area contributed by atoms with Crippen molar-refractivity contribution in [3.8, 4) is 0 Å². The minimum absolute atomic E-state index is 0.521. The lowest BCUT2D eigenvalue weighted by Crippen LogP contribution is -2.54. The molecule has 1 N–H and O–H groups in total. The Labute approximate surface area is 130 Å². The van der Waals surface area contributed by atoms with E-state index >= 15 is 0 Å². The van der Waals surface area contributed by atoms with Crippen LogP contribution in [0.2, 0.25) is 0 Å². The Morgan fingerprint density at radius 3 is 2.71 bits per heavy atom. The smallest absolute Gasteiger partial charge is 0.0730 e. The molecule has 3 nitrogen and oxygen atoms in total. The maximum absolute atomic E-state index is 6.00. The van der Waals surface area contributed by atoms with Gasteiger partial charge in [0, 0.05) is 31.7 Å². The predicted molar refractivity (Wildman–Crippen MR) is 87.6 cm³/mol. The molecule has 21 heavy (non-hydrogen) atoms. The van der Waals surface area contributed by atoms with E-state index in [1.165, 1.54) is 64.5 Å². The third-order valence-electron chi connectivity index (χ3n) is 5.94. The molecule has 3 aliphatic rings. The standard InChI is InChI=1S/C18H34N2O/c1-15(2)19-13-18(9-4-3-5-10-18)14-20-11-12-21-17-8-6-7-16(17)20/h15-17,19H,3-14H2,1-2H3. The monoisotopic (exact) mass is 294 g/mol. The maximum Gasteiger partial charge on any atom is 0.0730 e. The fourth-order valence-electron chi connectivity index (χ4n) is 4.75. The van der Waals surface area contributed by atoms with Gasteiger partial charge in [-0.1, -0.05) is 33.1 Å². The summed E-state index contributed by atoms with van der Waals surface area (Å²) in [5.74, 6) is 0. The van der Waals surface area contributed by atoms with E-state index < -0.39 is 0 Å². The first kappa shape index (κ1) is 15.8. The number of hydrogen-bond donors (Lipinski definition) is 1. The highest BCUT2D eigenvalue weighted by Gasteiger charge is 2.41. The molecule has 0 radical (unpaired) electrons. The van der Waals surface area contributed by atoms with Crippen LogP contribution in [0.3, 0.4) is 0 Å². The first-order valence-electron chi connectivity index (χ1n) is 9.28. The third-order valence-corrected chi connectivity index (χ3v) is 5.94. The normalized spacial score (nSPS) is 33.3. The molecule has 3 fully saturated rings. The number of fused-ring (bicyclic) bond motifs is 1. The highest BCUT2D eigenvalue weighted by atomic mass is 16.5. The van der Waals surface area contributed by atoms with Gasteiger partial charge in [-0.25, -0.2) is 0 Å². The van der Waals surface area contributed by atoms with E-state index in [1.807, 2.05) is 0 Å². The van der Waals surface area contributed by atoms with Gasteiger partial charge in [-0.3, -0.25) is 4.90 Å². The van der Waals surface area contributed by atoms with Crippen LogP contribution in [0.25, 0.3) is 0 Å². The van der Waals surface area contributed by atoms with E-state index in [0.29, 0.717) is 17.6 Å². The molecule has 122 valence electrons. The zero-order valence-electron chi connectivity index (χ0n) is 14.1. The highest BCUT2D eigenvalue weighted by molar-refractivity contribution is 4.95. The van der Waals surface area contributed by atoms with Crippen molar-refractivity contribution in [2.45, 2.75) is 83.4 Å². The minimum atomic E-state index is 0.521. The fraction of sp³-hybridized carbons (Fsp3) is 1.00. The van der Waals surface area contributed by atoms with Crippen molar-refractivity contribution in [2.75, 3.05) is 26.2 Å². The molecule has 1 aliphatic heterocycles. The molecule has 2 aliphatic carbocycles. The first-order chi connectivity index (χ1) is 10.2. The number of hydrogen-bond acceptors (Lipinski definition) is 3. The molecule has 1 heterocycles. The molecule has 0 bridgehead atoms. The second kappa shape index (κ2) is 6.97. The second-order valence-electron chi connectivity index (χ2n) is 7.97. The summed E-state index contributed by atoms with van der Waals surface area (Å²) >= 11 is 0. The number of morpholine rings is 1. The van der Waals surface area contributed by atoms with Crippen LogP contribution in [-0.4, -0.2) is 49.3 Å². The molecule has 0 spiro atoms. The van der Waals surface area contributed by atoms with Gasteiger partial charge in [-0.15, -0.1) is 0 Å². The molecule has 0 amide bonds. The van der Waals surface area contributed by atoms with Crippen molar-refractivity contribution in [1.29, 1.82) is 0 Å². The van der Waals surface area contributed by atoms with Gasteiger partial charge in [0.05, 0.1) is 12.7 Å². The third kappa shape index (κ3) is 3.80. The van der Waals surface area contributed by atoms with Crippen molar-refractivity contribution in [3.63, 3.8) is 0 Å². The van der Waals surface area contributed by atoms with Crippen molar-refractivity contribution in [3.05, 3.63) is 0 Å². The molecule has 0 aromatic carbocycles. The molecular formula is C18H34N2O. The van der Waals surface area contributed by atoms with Gasteiger partial charge in [0.2, 0.25) is 0 Å². The molecule has 2 unspecified atom stereocenters. The molecule has 2 atom stereocenters. The van der Waals surface area contributed by atoms with E-state index in [0.717, 1.165) is 19.2 Å². The topological polar surface area (TPSA) is 24.5 Å². The molecule has 3 heteroatoms. The summed E-state index contributed by atoms with van der Waals surface area (Å²) in [6.07, 6.45) is 11.7. The van der Waals surface area contributed by atoms with Gasteiger partial charge < -0.3 is 10.1 Å². The molecule has 0 aromatic heterocycles. The van der Waals surface area contributed by atoms with Gasteiger partial charge in [0.15, 0.2) is 0 Å². The second-order valence-corrected chi connectivity index (χ2v) is 7.97. The van der Waals surface area contributed by atoms with Crippen LogP contribution in [-0.2, 0) is 4.74 Å². The van der Waals surface area contributed by atoms with Gasteiger partial charge >= 0.3 is 0 Å². The van der Waals surface area contributed by atoms with Crippen molar-refractivity contribution in [1.82, 2.24) is 10.2 Å². The van der Waals surface area contributed by atoms with E-state index in [-0.39, 0.29) is 0 Å². The van der Waals surface area contributed by atoms with Crippen LogP contribution in [0.4, 0.5) is 0 Å². The lowest BCUT2D eigenvalue weighted by Gasteiger charge is -2.46. The number of rotatable bonds is 5. The summed E-state index contributed by atoms with van der Waals surface area (Å²) in [6, 6.07) is 1.32. The maximum atomic E-state index is 6.00. The average Bonchev–Trinajstić information content (AvgIpc) is 2.96. The zero-order valence-corrected chi connectivity index (χ0v) is 14.1. The van der Waals surface area contributed by atoms with Crippen LogP contribution >= 0.6 is 0 Å². The Morgan fingerprint density at radius 1 is 1.14 bits per heavy atom. The summed E-state index contributed by atoms with van der Waals surface area (Å²) in [5.41, 5.74) is 0.521. The van der Waals surface area contributed by atoms with E-state index in [2.05, 4.69) is 24.1 Å². The molecule has 2 saturated carbocycles. The van der Waals surface area contributed by atoms with E-state index in [1.54, 1.807) is 0 Å². The Kier molecular flexibility index (Phi) is 5.23. The lowest BCUT2D eigenvalue weighted by molar-refractivity contribution is -0.0723. The molecule has 1 saturated heterocycles. The summed E-state index contributed by atoms with van der Waals surface area (Å²) in [5, 5.41) is 3.75. The summed E-state index contributed by atoms with van der Waals surface area (Å²) < 4.78 is 6.00. The van der Waals surface area contributed by atoms with Crippen molar-refractivity contribution < 1.29 is 4.74 Å². The van der Waals surface area contributed by atoms with E-state index in [9.17, 15) is 0 Å². The van der Waals surface area contributed by atoms with Crippen LogP contribution in [0.1, 0.15) is 65.2 Å². The Bertz CT molecular complexity index is 325. The van der Waals surface area contributed by atoms with Gasteiger partial charge in [-0.2, -0.15) is 0 Å². The zero-order chi connectivity index (χ0) is 14.7. The fourth-order valence-corrected chi connectivity index (χ4v) is 4.75. The van der Waals surface area contributed by atoms with Crippen molar-refractivity contribution in [2.24, 2.45) is 5.41 Å². The quantitative estimate of drug-likeness (QED) is 0.843. The van der Waals surface area contributed by atoms with Crippen LogP contribution < -0.4 is 5.32 Å². The highest BCUT2D eigenvalue weighted by Crippen LogP contribution is 2.39. The minimum Gasteiger partial charge on any atom is -0.375 e. The lowest BCUT2D eigenvalue weighted by atomic mass is 9.73. The molecule has 0 aromatic rings. The number of nitrogens with zero attached hydrogens (tertiary/aromatic N) is 1. The molecule has 3 rings (SSSR count). The Morgan fingerprint density at radius 2 is 1.95 bits per heavy atom. The van der Waals surface area contributed by atoms with Gasteiger partial charge in [0.25, 0.3) is 0 Å². The summed E-state index contributed by atoms with van der Waals surface area (Å²) in [6.45, 7) is 9.17. The average molecular weight is 294 g/mol. The number of ether oxygens (including phenoxy) is 1. The van der Waals surface area contributed by atoms with Crippen LogP contribution in [0, 0.1) is 5.41 Å². The van der Waals surface area contributed by atoms with Gasteiger partial charge in [0.1, 0.15) is 0 Å². The Hall–Kier alpha value is -0.120. The van der Waals surface area contributed by atoms with Crippen LogP contribution in [0.15, 0.2) is 0 Å². The molecular weight excluding hydrogens is 260 g/mol. The number of nitrogens with one attached hydrogen (secondary N) is 1. The predicted octanol–water partition coefficient (Wildman–Crippen LogP) is 3.19.